The molecule has 0 saturated heterocycles. The van der Waals surface area contributed by atoms with E-state index in [9.17, 15) is 9.59 Å². The molecule has 30 heavy (non-hydrogen) atoms. The van der Waals surface area contributed by atoms with Crippen molar-refractivity contribution in [3.8, 4) is 5.69 Å². The monoisotopic (exact) mass is 399 g/mol. The lowest BCUT2D eigenvalue weighted by atomic mass is 10.0. The molecule has 2 aromatic heterocycles. The van der Waals surface area contributed by atoms with Crippen LogP contribution in [0, 0.1) is 5.92 Å². The fourth-order valence-electron chi connectivity index (χ4n) is 3.10. The normalized spacial score (nSPS) is 11.9. The number of para-hydroxylation sites is 1. The van der Waals surface area contributed by atoms with Gasteiger partial charge in [0, 0.05) is 29.6 Å². The standard InChI is InChI=1S/C25H25N3O2/c1-5-7-11-18(6-2)27-24-15-23(29)20-16-26-21(25(30)17(3)4)14-22(20)28(24)19-12-9-8-10-13-19/h5-17,27H,2H2,1,3-4H3/b7-5-,18-11+. The Balaban J connectivity index is 2.33. The minimum absolute atomic E-state index is 0.0675. The summed E-state index contributed by atoms with van der Waals surface area (Å²) in [4.78, 5) is 29.6. The minimum atomic E-state index is -0.190. The number of rotatable bonds is 7. The van der Waals surface area contributed by atoms with Crippen molar-refractivity contribution in [2.75, 3.05) is 5.32 Å². The highest BCUT2D eigenvalue weighted by molar-refractivity contribution is 5.98. The van der Waals surface area contributed by atoms with Gasteiger partial charge in [0.2, 0.25) is 0 Å². The lowest BCUT2D eigenvalue weighted by molar-refractivity contribution is 0.0934. The molecule has 0 saturated carbocycles. The highest BCUT2D eigenvalue weighted by Crippen LogP contribution is 2.24. The summed E-state index contributed by atoms with van der Waals surface area (Å²) >= 11 is 0. The average molecular weight is 399 g/mol. The van der Waals surface area contributed by atoms with Crippen LogP contribution in [0.2, 0.25) is 0 Å². The maximum absolute atomic E-state index is 12.8. The molecule has 0 radical (unpaired) electrons. The predicted molar refractivity (Wildman–Crippen MR) is 123 cm³/mol. The summed E-state index contributed by atoms with van der Waals surface area (Å²) in [6.45, 7) is 9.44. The first-order chi connectivity index (χ1) is 14.5. The van der Waals surface area contributed by atoms with Gasteiger partial charge in [-0.1, -0.05) is 50.8 Å². The van der Waals surface area contributed by atoms with E-state index in [1.165, 1.54) is 12.3 Å². The fourth-order valence-corrected chi connectivity index (χ4v) is 3.10. The molecule has 0 spiro atoms. The number of pyridine rings is 2. The molecule has 0 aliphatic carbocycles. The number of nitrogens with zero attached hydrogens (tertiary/aromatic N) is 2. The fraction of sp³-hybridized carbons (Fsp3) is 0.160. The number of hydrogen-bond donors (Lipinski definition) is 1. The van der Waals surface area contributed by atoms with E-state index in [2.05, 4.69) is 16.9 Å². The Morgan fingerprint density at radius 1 is 1.20 bits per heavy atom. The van der Waals surface area contributed by atoms with Crippen molar-refractivity contribution >= 4 is 22.5 Å². The second-order valence-corrected chi connectivity index (χ2v) is 7.15. The Kier molecular flexibility index (Phi) is 6.42. The molecule has 0 aliphatic rings. The molecule has 0 unspecified atom stereocenters. The number of nitrogens with one attached hydrogen (secondary N) is 1. The van der Waals surface area contributed by atoms with Gasteiger partial charge in [0.25, 0.3) is 0 Å². The molecule has 0 fully saturated rings. The summed E-state index contributed by atoms with van der Waals surface area (Å²) in [5, 5.41) is 3.73. The Hall–Kier alpha value is -3.73. The maximum Gasteiger partial charge on any atom is 0.193 e. The average Bonchev–Trinajstić information content (AvgIpc) is 2.76. The van der Waals surface area contributed by atoms with Crippen LogP contribution < -0.4 is 10.7 Å². The largest absolute Gasteiger partial charge is 0.341 e. The summed E-state index contributed by atoms with van der Waals surface area (Å²) in [5.74, 6) is 0.315. The lowest BCUT2D eigenvalue weighted by Crippen LogP contribution is -2.16. The first-order valence-electron chi connectivity index (χ1n) is 9.84. The summed E-state index contributed by atoms with van der Waals surface area (Å²) in [7, 11) is 0. The van der Waals surface area contributed by atoms with Gasteiger partial charge in [-0.25, -0.2) is 0 Å². The number of allylic oxidation sites excluding steroid dienone is 4. The Labute approximate surface area is 176 Å². The number of anilines is 1. The third-order valence-electron chi connectivity index (χ3n) is 4.65. The van der Waals surface area contributed by atoms with Crippen molar-refractivity contribution in [1.82, 2.24) is 9.55 Å². The van der Waals surface area contributed by atoms with Crippen LogP contribution in [0.15, 0.2) is 90.0 Å². The van der Waals surface area contributed by atoms with Crippen LogP contribution in [0.4, 0.5) is 5.82 Å². The molecule has 3 aromatic rings. The maximum atomic E-state index is 12.8. The van der Waals surface area contributed by atoms with Crippen molar-refractivity contribution in [2.24, 2.45) is 5.92 Å². The van der Waals surface area contributed by atoms with Crippen LogP contribution >= 0.6 is 0 Å². The molecule has 5 heteroatoms. The third-order valence-corrected chi connectivity index (χ3v) is 4.65. The van der Waals surface area contributed by atoms with E-state index in [0.717, 1.165) is 11.4 Å². The molecule has 152 valence electrons. The number of carbonyl (C=O) groups is 1. The van der Waals surface area contributed by atoms with Crippen LogP contribution in [0.3, 0.4) is 0 Å². The van der Waals surface area contributed by atoms with Gasteiger partial charge >= 0.3 is 0 Å². The van der Waals surface area contributed by atoms with E-state index in [-0.39, 0.29) is 17.1 Å². The van der Waals surface area contributed by atoms with E-state index in [1.54, 1.807) is 12.1 Å². The molecule has 0 atom stereocenters. The molecule has 0 bridgehead atoms. The van der Waals surface area contributed by atoms with Gasteiger partial charge in [-0.15, -0.1) is 0 Å². The molecular weight excluding hydrogens is 374 g/mol. The van der Waals surface area contributed by atoms with Crippen molar-refractivity contribution in [2.45, 2.75) is 20.8 Å². The minimum Gasteiger partial charge on any atom is -0.341 e. The number of ketones is 1. The molecular formula is C25H25N3O2. The van der Waals surface area contributed by atoms with Crippen LogP contribution in [-0.4, -0.2) is 15.3 Å². The van der Waals surface area contributed by atoms with E-state index >= 15 is 0 Å². The molecule has 1 N–H and O–H groups in total. The lowest BCUT2D eigenvalue weighted by Gasteiger charge is -2.19. The Morgan fingerprint density at radius 3 is 2.57 bits per heavy atom. The van der Waals surface area contributed by atoms with E-state index in [1.807, 2.05) is 73.9 Å². The highest BCUT2D eigenvalue weighted by Gasteiger charge is 2.17. The van der Waals surface area contributed by atoms with Crippen LogP contribution in [0.25, 0.3) is 16.6 Å². The van der Waals surface area contributed by atoms with Gasteiger partial charge in [-0.2, -0.15) is 0 Å². The van der Waals surface area contributed by atoms with Gasteiger partial charge < -0.3 is 5.32 Å². The number of carbonyl (C=O) groups excluding carboxylic acids is 1. The van der Waals surface area contributed by atoms with Gasteiger partial charge in [0.05, 0.1) is 10.9 Å². The van der Waals surface area contributed by atoms with E-state index in [4.69, 9.17) is 0 Å². The van der Waals surface area contributed by atoms with Crippen LogP contribution in [-0.2, 0) is 0 Å². The smallest absolute Gasteiger partial charge is 0.193 e. The van der Waals surface area contributed by atoms with Gasteiger partial charge in [-0.3, -0.25) is 19.1 Å². The van der Waals surface area contributed by atoms with Crippen molar-refractivity contribution in [3.63, 3.8) is 0 Å². The summed E-state index contributed by atoms with van der Waals surface area (Å²) < 4.78 is 1.92. The zero-order valence-electron chi connectivity index (χ0n) is 17.4. The Bertz CT molecular complexity index is 1200. The second-order valence-electron chi connectivity index (χ2n) is 7.15. The first-order valence-corrected chi connectivity index (χ1v) is 9.84. The summed E-state index contributed by atoms with van der Waals surface area (Å²) in [6, 6.07) is 12.9. The zero-order valence-corrected chi connectivity index (χ0v) is 17.4. The van der Waals surface area contributed by atoms with E-state index < -0.39 is 0 Å². The highest BCUT2D eigenvalue weighted by atomic mass is 16.1. The number of aromatic nitrogens is 2. The molecule has 2 heterocycles. The summed E-state index contributed by atoms with van der Waals surface area (Å²) in [5.41, 5.74) is 2.37. The molecule has 1 aromatic carbocycles. The van der Waals surface area contributed by atoms with E-state index in [0.29, 0.717) is 22.4 Å². The molecule has 0 aliphatic heterocycles. The number of benzene rings is 1. The topological polar surface area (TPSA) is 64.0 Å². The third kappa shape index (κ3) is 4.30. The zero-order chi connectivity index (χ0) is 21.7. The van der Waals surface area contributed by atoms with Crippen molar-refractivity contribution in [1.29, 1.82) is 0 Å². The quantitative estimate of drug-likeness (QED) is 0.433. The molecule has 0 amide bonds. The van der Waals surface area contributed by atoms with Crippen molar-refractivity contribution in [3.05, 3.63) is 101 Å². The van der Waals surface area contributed by atoms with Crippen LogP contribution in [0.5, 0.6) is 0 Å². The van der Waals surface area contributed by atoms with Crippen LogP contribution in [0.1, 0.15) is 31.3 Å². The van der Waals surface area contributed by atoms with Gasteiger partial charge in [0.15, 0.2) is 11.2 Å². The van der Waals surface area contributed by atoms with Gasteiger partial charge in [0.1, 0.15) is 11.5 Å². The van der Waals surface area contributed by atoms with Gasteiger partial charge in [-0.05, 0) is 37.3 Å². The number of hydrogen-bond acceptors (Lipinski definition) is 4. The number of Topliss-reactive ketones (excluding diaryl/α,β-unsaturated/α-hetero) is 1. The summed E-state index contributed by atoms with van der Waals surface area (Å²) in [6.07, 6.45) is 8.84. The number of fused-ring (bicyclic) bond motifs is 1. The second kappa shape index (κ2) is 9.18. The molecule has 5 nitrogen and oxygen atoms in total. The first kappa shape index (κ1) is 21.0. The van der Waals surface area contributed by atoms with Crippen molar-refractivity contribution < 1.29 is 4.79 Å². The SMILES string of the molecule is C=C/C(=C\C=C/C)Nc1cc(=O)c2cnc(C(=O)C(C)C)cc2n1-c1ccccc1. The Morgan fingerprint density at radius 2 is 1.93 bits per heavy atom. The predicted octanol–water partition coefficient (Wildman–Crippen LogP) is 5.28. The molecule has 3 rings (SSSR count).